The van der Waals surface area contributed by atoms with Crippen molar-refractivity contribution in [2.75, 3.05) is 11.4 Å². The maximum Gasteiger partial charge on any atom is 0.373 e. The number of imide groups is 1. The first kappa shape index (κ1) is 13.0. The van der Waals surface area contributed by atoms with Gasteiger partial charge in [0.2, 0.25) is 11.7 Å². The van der Waals surface area contributed by atoms with Gasteiger partial charge in [0.1, 0.15) is 0 Å². The van der Waals surface area contributed by atoms with Crippen LogP contribution >= 0.6 is 0 Å². The van der Waals surface area contributed by atoms with Gasteiger partial charge < -0.3 is 5.11 Å². The normalized spacial score (nSPS) is 15.1. The Balaban J connectivity index is 1.98. The van der Waals surface area contributed by atoms with Crippen molar-refractivity contribution in [2.45, 2.75) is 6.42 Å². The van der Waals surface area contributed by atoms with E-state index in [1.165, 1.54) is 11.1 Å². The fourth-order valence-electron chi connectivity index (χ4n) is 2.10. The van der Waals surface area contributed by atoms with Gasteiger partial charge in [0.05, 0.1) is 5.52 Å². The summed E-state index contributed by atoms with van der Waals surface area (Å²) in [6, 6.07) is 4.46. The minimum atomic E-state index is -1.20. The monoisotopic (exact) mass is 286 g/mol. The summed E-state index contributed by atoms with van der Waals surface area (Å²) in [5, 5.41) is 11.7. The molecule has 2 heterocycles. The number of aromatic carboxylic acids is 1. The molecule has 2 aromatic rings. The number of urea groups is 1. The van der Waals surface area contributed by atoms with Crippen molar-refractivity contribution in [1.29, 1.82) is 0 Å². The van der Waals surface area contributed by atoms with E-state index in [0.29, 0.717) is 23.1 Å². The van der Waals surface area contributed by atoms with Crippen LogP contribution in [-0.4, -0.2) is 39.5 Å². The topological polar surface area (TPSA) is 112 Å². The molecule has 1 fully saturated rings. The standard InChI is InChI=1S/C13H10N4O4/c18-10-3-4-17(13(21)16-10)8-1-2-9-7(5-8)6-14-11(15-9)12(19)20/h1-2,5-6H,3-4H2,(H,19,20)(H,16,18,21). The number of carbonyl (C=O) groups is 3. The number of aromatic nitrogens is 2. The molecule has 8 nitrogen and oxygen atoms in total. The number of nitrogens with zero attached hydrogens (tertiary/aromatic N) is 3. The molecule has 2 N–H and O–H groups in total. The Kier molecular flexibility index (Phi) is 2.98. The molecular weight excluding hydrogens is 276 g/mol. The van der Waals surface area contributed by atoms with Crippen LogP contribution in [0.5, 0.6) is 0 Å². The summed E-state index contributed by atoms with van der Waals surface area (Å²) < 4.78 is 0. The van der Waals surface area contributed by atoms with Gasteiger partial charge in [-0.3, -0.25) is 15.0 Å². The zero-order valence-electron chi connectivity index (χ0n) is 10.7. The summed E-state index contributed by atoms with van der Waals surface area (Å²) in [4.78, 5) is 42.8. The summed E-state index contributed by atoms with van der Waals surface area (Å²) in [6.45, 7) is 0.296. The second-order valence-electron chi connectivity index (χ2n) is 4.50. The molecule has 1 aromatic carbocycles. The molecule has 3 rings (SSSR count). The number of benzene rings is 1. The quantitative estimate of drug-likeness (QED) is 0.843. The number of amides is 3. The van der Waals surface area contributed by atoms with E-state index in [4.69, 9.17) is 5.11 Å². The maximum absolute atomic E-state index is 11.8. The van der Waals surface area contributed by atoms with Gasteiger partial charge in [0, 0.05) is 30.2 Å². The molecule has 0 spiro atoms. The summed E-state index contributed by atoms with van der Waals surface area (Å²) in [5.41, 5.74) is 1.07. The molecule has 0 radical (unpaired) electrons. The molecule has 0 aliphatic carbocycles. The van der Waals surface area contributed by atoms with Crippen molar-refractivity contribution in [1.82, 2.24) is 15.3 Å². The number of carboxylic acid groups (broad SMARTS) is 1. The lowest BCUT2D eigenvalue weighted by atomic mass is 10.2. The van der Waals surface area contributed by atoms with E-state index >= 15 is 0 Å². The first-order valence-electron chi connectivity index (χ1n) is 6.16. The molecular formula is C13H10N4O4. The molecule has 1 saturated heterocycles. The molecule has 8 heteroatoms. The smallest absolute Gasteiger partial charge is 0.373 e. The molecule has 0 atom stereocenters. The fourth-order valence-corrected chi connectivity index (χ4v) is 2.10. The van der Waals surface area contributed by atoms with Crippen LogP contribution in [0.3, 0.4) is 0 Å². The number of fused-ring (bicyclic) bond motifs is 1. The largest absolute Gasteiger partial charge is 0.475 e. The van der Waals surface area contributed by atoms with Crippen LogP contribution in [0.15, 0.2) is 24.4 Å². The van der Waals surface area contributed by atoms with E-state index in [1.807, 2.05) is 0 Å². The van der Waals surface area contributed by atoms with E-state index < -0.39 is 12.0 Å². The molecule has 0 saturated carbocycles. The SMILES string of the molecule is O=C1CCN(c2ccc3nc(C(=O)O)ncc3c2)C(=O)N1. The number of hydrogen-bond donors (Lipinski definition) is 2. The zero-order chi connectivity index (χ0) is 15.0. The number of carboxylic acids is 1. The van der Waals surface area contributed by atoms with Crippen LogP contribution in [0.4, 0.5) is 10.5 Å². The summed E-state index contributed by atoms with van der Waals surface area (Å²) in [5.74, 6) is -1.78. The molecule has 3 amide bonds. The highest BCUT2D eigenvalue weighted by Crippen LogP contribution is 2.22. The Labute approximate surface area is 118 Å². The van der Waals surface area contributed by atoms with Crippen molar-refractivity contribution in [3.63, 3.8) is 0 Å². The van der Waals surface area contributed by atoms with Crippen molar-refractivity contribution in [3.05, 3.63) is 30.2 Å². The fraction of sp³-hybridized carbons (Fsp3) is 0.154. The number of rotatable bonds is 2. The average Bonchev–Trinajstić information content (AvgIpc) is 2.46. The molecule has 0 unspecified atom stereocenters. The van der Waals surface area contributed by atoms with E-state index in [9.17, 15) is 14.4 Å². The van der Waals surface area contributed by atoms with Crippen molar-refractivity contribution in [2.24, 2.45) is 0 Å². The van der Waals surface area contributed by atoms with Crippen molar-refractivity contribution < 1.29 is 19.5 Å². The van der Waals surface area contributed by atoms with Crippen LogP contribution in [0.1, 0.15) is 17.0 Å². The first-order valence-corrected chi connectivity index (χ1v) is 6.16. The van der Waals surface area contributed by atoms with Gasteiger partial charge in [0.25, 0.3) is 0 Å². The lowest BCUT2D eigenvalue weighted by Crippen LogP contribution is -2.49. The highest BCUT2D eigenvalue weighted by atomic mass is 16.4. The third-order valence-electron chi connectivity index (χ3n) is 3.12. The second kappa shape index (κ2) is 4.82. The summed E-state index contributed by atoms with van der Waals surface area (Å²) in [7, 11) is 0. The highest BCUT2D eigenvalue weighted by molar-refractivity contribution is 6.06. The first-order chi connectivity index (χ1) is 10.0. The number of anilines is 1. The van der Waals surface area contributed by atoms with E-state index in [1.54, 1.807) is 18.2 Å². The molecule has 0 bridgehead atoms. The van der Waals surface area contributed by atoms with E-state index in [2.05, 4.69) is 15.3 Å². The van der Waals surface area contributed by atoms with Crippen LogP contribution in [0.2, 0.25) is 0 Å². The number of hydrogen-bond acceptors (Lipinski definition) is 5. The van der Waals surface area contributed by atoms with Crippen LogP contribution in [0.25, 0.3) is 10.9 Å². The van der Waals surface area contributed by atoms with Gasteiger partial charge in [-0.25, -0.2) is 19.6 Å². The Morgan fingerprint density at radius 2 is 2.14 bits per heavy atom. The molecule has 1 aliphatic rings. The van der Waals surface area contributed by atoms with E-state index in [0.717, 1.165) is 0 Å². The zero-order valence-corrected chi connectivity index (χ0v) is 10.7. The van der Waals surface area contributed by atoms with Crippen LogP contribution in [-0.2, 0) is 4.79 Å². The third-order valence-corrected chi connectivity index (χ3v) is 3.12. The molecule has 1 aromatic heterocycles. The summed E-state index contributed by atoms with van der Waals surface area (Å²) >= 11 is 0. The maximum atomic E-state index is 11.8. The van der Waals surface area contributed by atoms with Gasteiger partial charge in [-0.05, 0) is 18.2 Å². The number of nitrogens with one attached hydrogen (secondary N) is 1. The Hall–Kier alpha value is -3.03. The average molecular weight is 286 g/mol. The van der Waals surface area contributed by atoms with Crippen molar-refractivity contribution >= 4 is 34.5 Å². The van der Waals surface area contributed by atoms with Gasteiger partial charge in [-0.2, -0.15) is 0 Å². The Morgan fingerprint density at radius 3 is 2.86 bits per heavy atom. The Morgan fingerprint density at radius 1 is 1.33 bits per heavy atom. The summed E-state index contributed by atoms with van der Waals surface area (Å²) in [6.07, 6.45) is 1.63. The van der Waals surface area contributed by atoms with Gasteiger partial charge in [-0.1, -0.05) is 0 Å². The second-order valence-corrected chi connectivity index (χ2v) is 4.50. The predicted octanol–water partition coefficient (Wildman–Crippen LogP) is 0.774. The minimum absolute atomic E-state index is 0.234. The van der Waals surface area contributed by atoms with Crippen LogP contribution in [0, 0.1) is 0 Å². The van der Waals surface area contributed by atoms with Crippen LogP contribution < -0.4 is 10.2 Å². The molecule has 106 valence electrons. The lowest BCUT2D eigenvalue weighted by molar-refractivity contribution is -0.120. The Bertz CT molecular complexity index is 774. The van der Waals surface area contributed by atoms with Gasteiger partial charge in [-0.15, -0.1) is 0 Å². The predicted molar refractivity (Wildman–Crippen MR) is 72.0 cm³/mol. The molecule has 1 aliphatic heterocycles. The van der Waals surface area contributed by atoms with Gasteiger partial charge in [0.15, 0.2) is 0 Å². The van der Waals surface area contributed by atoms with Gasteiger partial charge >= 0.3 is 12.0 Å². The molecule has 21 heavy (non-hydrogen) atoms. The highest BCUT2D eigenvalue weighted by Gasteiger charge is 2.24. The van der Waals surface area contributed by atoms with E-state index in [-0.39, 0.29) is 18.2 Å². The third kappa shape index (κ3) is 2.38. The minimum Gasteiger partial charge on any atom is -0.475 e. The number of carbonyl (C=O) groups excluding carboxylic acids is 2. The van der Waals surface area contributed by atoms with Crippen molar-refractivity contribution in [3.8, 4) is 0 Å². The lowest BCUT2D eigenvalue weighted by Gasteiger charge is -2.26.